The molecule has 0 aromatic heterocycles. The molecule has 1 atom stereocenters. The highest BCUT2D eigenvalue weighted by Crippen LogP contribution is 2.15. The third-order valence-corrected chi connectivity index (χ3v) is 4.13. The fourth-order valence-corrected chi connectivity index (χ4v) is 2.74. The molecule has 0 aliphatic carbocycles. The number of nitrogens with one attached hydrogen (secondary N) is 1. The van der Waals surface area contributed by atoms with Crippen LogP contribution in [-0.2, 0) is 13.0 Å². The van der Waals surface area contributed by atoms with Crippen LogP contribution < -0.4 is 5.32 Å². The van der Waals surface area contributed by atoms with Gasteiger partial charge in [-0.2, -0.15) is 0 Å². The van der Waals surface area contributed by atoms with Gasteiger partial charge in [0.15, 0.2) is 0 Å². The highest BCUT2D eigenvalue weighted by Gasteiger charge is 2.07. The van der Waals surface area contributed by atoms with Crippen molar-refractivity contribution in [3.05, 3.63) is 68.9 Å². The lowest BCUT2D eigenvalue weighted by Gasteiger charge is -2.15. The molecule has 1 nitrogen and oxygen atoms in total. The van der Waals surface area contributed by atoms with Gasteiger partial charge in [-0.1, -0.05) is 40.2 Å². The molecule has 0 aliphatic heterocycles. The van der Waals surface area contributed by atoms with Crippen molar-refractivity contribution in [2.45, 2.75) is 39.8 Å². The number of aryl methyl sites for hydroxylation is 2. The van der Waals surface area contributed by atoms with E-state index in [1.54, 1.807) is 0 Å². The summed E-state index contributed by atoms with van der Waals surface area (Å²) in [6, 6.07) is 12.6. The van der Waals surface area contributed by atoms with Crippen molar-refractivity contribution in [1.29, 1.82) is 0 Å². The Hall–Kier alpha value is -1.19. The van der Waals surface area contributed by atoms with Crippen LogP contribution in [0.3, 0.4) is 0 Å². The molecule has 1 N–H and O–H groups in total. The average Bonchev–Trinajstić information content (AvgIpc) is 2.45. The zero-order valence-corrected chi connectivity index (χ0v) is 14.3. The van der Waals surface area contributed by atoms with Crippen molar-refractivity contribution in [3.63, 3.8) is 0 Å². The lowest BCUT2D eigenvalue weighted by atomic mass is 10.0. The van der Waals surface area contributed by atoms with E-state index in [4.69, 9.17) is 0 Å². The SMILES string of the molecule is Cc1cc(CNC(C)Cc2ccc(Br)cc2)cc(C)c1F. The second-order valence-corrected chi connectivity index (χ2v) is 6.57. The molecule has 0 bridgehead atoms. The van der Waals surface area contributed by atoms with Gasteiger partial charge in [0.2, 0.25) is 0 Å². The van der Waals surface area contributed by atoms with Gasteiger partial charge in [0, 0.05) is 17.1 Å². The van der Waals surface area contributed by atoms with E-state index in [0.29, 0.717) is 17.2 Å². The minimum atomic E-state index is -0.0957. The standard InChI is InChI=1S/C18H21BrFN/c1-12-8-16(9-13(2)18(12)20)11-21-14(3)10-15-4-6-17(19)7-5-15/h4-9,14,21H,10-11H2,1-3H3. The fourth-order valence-electron chi connectivity index (χ4n) is 2.48. The molecule has 2 aromatic carbocycles. The van der Waals surface area contributed by atoms with Crippen LogP contribution in [0.4, 0.5) is 4.39 Å². The van der Waals surface area contributed by atoms with E-state index >= 15 is 0 Å². The first kappa shape index (κ1) is 16.2. The minimum absolute atomic E-state index is 0.0957. The number of benzene rings is 2. The van der Waals surface area contributed by atoms with E-state index < -0.39 is 0 Å². The summed E-state index contributed by atoms with van der Waals surface area (Å²) in [6.45, 7) is 6.57. The summed E-state index contributed by atoms with van der Waals surface area (Å²) in [4.78, 5) is 0. The first-order valence-electron chi connectivity index (χ1n) is 7.19. The second kappa shape index (κ2) is 7.19. The molecule has 0 saturated heterocycles. The Morgan fingerprint density at radius 3 is 2.19 bits per heavy atom. The average molecular weight is 350 g/mol. The minimum Gasteiger partial charge on any atom is -0.310 e. The summed E-state index contributed by atoms with van der Waals surface area (Å²) >= 11 is 3.45. The van der Waals surface area contributed by atoms with E-state index in [1.165, 1.54) is 5.56 Å². The van der Waals surface area contributed by atoms with E-state index in [2.05, 4.69) is 52.4 Å². The number of hydrogen-bond acceptors (Lipinski definition) is 1. The fraction of sp³-hybridized carbons (Fsp3) is 0.333. The van der Waals surface area contributed by atoms with E-state index in [1.807, 2.05) is 26.0 Å². The summed E-state index contributed by atoms with van der Waals surface area (Å²) in [7, 11) is 0. The van der Waals surface area contributed by atoms with Crippen molar-refractivity contribution >= 4 is 15.9 Å². The van der Waals surface area contributed by atoms with Crippen LogP contribution in [-0.4, -0.2) is 6.04 Å². The Morgan fingerprint density at radius 1 is 1.05 bits per heavy atom. The number of halogens is 2. The van der Waals surface area contributed by atoms with Crippen molar-refractivity contribution in [2.24, 2.45) is 0 Å². The molecule has 2 aromatic rings. The van der Waals surface area contributed by atoms with Gasteiger partial charge in [0.1, 0.15) is 5.82 Å². The van der Waals surface area contributed by atoms with Crippen LogP contribution in [0.15, 0.2) is 40.9 Å². The lowest BCUT2D eigenvalue weighted by Crippen LogP contribution is -2.27. The normalized spacial score (nSPS) is 12.4. The van der Waals surface area contributed by atoms with Crippen LogP contribution in [0.5, 0.6) is 0 Å². The zero-order chi connectivity index (χ0) is 15.4. The number of rotatable bonds is 5. The molecule has 0 amide bonds. The molecule has 0 spiro atoms. The van der Waals surface area contributed by atoms with Crippen LogP contribution in [0, 0.1) is 19.7 Å². The smallest absolute Gasteiger partial charge is 0.129 e. The molecule has 3 heteroatoms. The molecule has 21 heavy (non-hydrogen) atoms. The predicted octanol–water partition coefficient (Wildman–Crippen LogP) is 4.93. The largest absolute Gasteiger partial charge is 0.310 e. The maximum absolute atomic E-state index is 13.6. The monoisotopic (exact) mass is 349 g/mol. The van der Waals surface area contributed by atoms with Crippen LogP contribution in [0.25, 0.3) is 0 Å². The van der Waals surface area contributed by atoms with Gasteiger partial charge in [0.25, 0.3) is 0 Å². The molecule has 0 radical (unpaired) electrons. The van der Waals surface area contributed by atoms with Crippen molar-refractivity contribution in [2.75, 3.05) is 0 Å². The molecule has 0 heterocycles. The third-order valence-electron chi connectivity index (χ3n) is 3.61. The van der Waals surface area contributed by atoms with E-state index in [9.17, 15) is 4.39 Å². The summed E-state index contributed by atoms with van der Waals surface area (Å²) in [5.74, 6) is -0.0957. The molecule has 0 fully saturated rings. The lowest BCUT2D eigenvalue weighted by molar-refractivity contribution is 0.543. The Kier molecular flexibility index (Phi) is 5.54. The van der Waals surface area contributed by atoms with Gasteiger partial charge >= 0.3 is 0 Å². The van der Waals surface area contributed by atoms with E-state index in [0.717, 1.165) is 23.0 Å². The Balaban J connectivity index is 1.92. The van der Waals surface area contributed by atoms with Gasteiger partial charge in [-0.25, -0.2) is 4.39 Å². The maximum atomic E-state index is 13.6. The van der Waals surface area contributed by atoms with Crippen molar-refractivity contribution in [3.8, 4) is 0 Å². The Morgan fingerprint density at radius 2 is 1.62 bits per heavy atom. The molecule has 0 saturated carbocycles. The number of hydrogen-bond donors (Lipinski definition) is 1. The van der Waals surface area contributed by atoms with Crippen molar-refractivity contribution in [1.82, 2.24) is 5.32 Å². The third kappa shape index (κ3) is 4.65. The summed E-state index contributed by atoms with van der Waals surface area (Å²) in [6.07, 6.45) is 0.979. The molecule has 1 unspecified atom stereocenters. The molecule has 112 valence electrons. The molecule has 0 aliphatic rings. The quantitative estimate of drug-likeness (QED) is 0.807. The van der Waals surface area contributed by atoms with Gasteiger partial charge in [-0.15, -0.1) is 0 Å². The zero-order valence-electron chi connectivity index (χ0n) is 12.7. The first-order chi connectivity index (χ1) is 9.95. The highest BCUT2D eigenvalue weighted by atomic mass is 79.9. The molecule has 2 rings (SSSR count). The van der Waals surface area contributed by atoms with Gasteiger partial charge in [0.05, 0.1) is 0 Å². The van der Waals surface area contributed by atoms with Crippen molar-refractivity contribution < 1.29 is 4.39 Å². The van der Waals surface area contributed by atoms with Gasteiger partial charge < -0.3 is 5.32 Å². The summed E-state index contributed by atoms with van der Waals surface area (Å²) in [5, 5.41) is 3.50. The van der Waals surface area contributed by atoms with Gasteiger partial charge in [-0.05, 0) is 61.6 Å². The highest BCUT2D eigenvalue weighted by molar-refractivity contribution is 9.10. The summed E-state index contributed by atoms with van der Waals surface area (Å²) < 4.78 is 14.7. The Labute approximate surface area is 134 Å². The maximum Gasteiger partial charge on any atom is 0.129 e. The van der Waals surface area contributed by atoms with Crippen LogP contribution in [0.1, 0.15) is 29.2 Å². The second-order valence-electron chi connectivity index (χ2n) is 5.66. The summed E-state index contributed by atoms with van der Waals surface area (Å²) in [5.41, 5.74) is 3.87. The topological polar surface area (TPSA) is 12.0 Å². The van der Waals surface area contributed by atoms with E-state index in [-0.39, 0.29) is 5.82 Å². The van der Waals surface area contributed by atoms with Gasteiger partial charge in [-0.3, -0.25) is 0 Å². The predicted molar refractivity (Wildman–Crippen MR) is 90.0 cm³/mol. The van der Waals surface area contributed by atoms with Crippen LogP contribution >= 0.6 is 15.9 Å². The Bertz CT molecular complexity index is 584. The molecular weight excluding hydrogens is 329 g/mol. The first-order valence-corrected chi connectivity index (χ1v) is 7.98. The molecular formula is C18H21BrFN. The van der Waals surface area contributed by atoms with Crippen LogP contribution in [0.2, 0.25) is 0 Å².